The summed E-state index contributed by atoms with van der Waals surface area (Å²) in [6.45, 7) is 17.5. The van der Waals surface area contributed by atoms with Gasteiger partial charge in [-0.2, -0.15) is 0 Å². The average Bonchev–Trinajstić information content (AvgIpc) is 2.88. The van der Waals surface area contributed by atoms with Crippen molar-refractivity contribution in [2.45, 2.75) is 52.4 Å². The summed E-state index contributed by atoms with van der Waals surface area (Å²) in [6, 6.07) is 17.2. The first kappa shape index (κ1) is 27.8. The van der Waals surface area contributed by atoms with Gasteiger partial charge < -0.3 is 14.8 Å². The Morgan fingerprint density at radius 2 is 1.47 bits per heavy atom. The normalized spacial score (nSPS) is 14.9. The summed E-state index contributed by atoms with van der Waals surface area (Å²) < 4.78 is 11.5. The maximum Gasteiger partial charge on any atom is 0.296 e. The molecule has 0 unspecified atom stereocenters. The standard InChI is InChI=1S/C32H40N2O4/c1-31(2,3)22-19-23(32(4,5)6)21-24(20-22)33-30(36)29(35)27-11-12-28(26-10-8-7-9-25(26)27)38-18-15-34-13-16-37-17-14-34/h7-12,19-21H,13-18H2,1-6H3,(H,33,36). The lowest BCUT2D eigenvalue weighted by Crippen LogP contribution is -2.38. The van der Waals surface area contributed by atoms with Crippen LogP contribution >= 0.6 is 0 Å². The highest BCUT2D eigenvalue weighted by Gasteiger charge is 2.24. The molecule has 1 aliphatic heterocycles. The second-order valence-corrected chi connectivity index (χ2v) is 12.0. The number of hydrogen-bond acceptors (Lipinski definition) is 5. The lowest BCUT2D eigenvalue weighted by molar-refractivity contribution is -0.112. The molecule has 38 heavy (non-hydrogen) atoms. The molecule has 1 aliphatic rings. The SMILES string of the molecule is CC(C)(C)c1cc(NC(=O)C(=O)c2ccc(OCCN3CCOCC3)c3ccccc23)cc(C(C)(C)C)c1. The van der Waals surface area contributed by atoms with Gasteiger partial charge in [0.15, 0.2) is 0 Å². The van der Waals surface area contributed by atoms with E-state index < -0.39 is 11.7 Å². The lowest BCUT2D eigenvalue weighted by Gasteiger charge is -2.26. The Morgan fingerprint density at radius 3 is 2.08 bits per heavy atom. The number of ether oxygens (including phenoxy) is 2. The van der Waals surface area contributed by atoms with E-state index in [1.54, 1.807) is 12.1 Å². The molecule has 0 atom stereocenters. The van der Waals surface area contributed by atoms with E-state index in [1.807, 2.05) is 36.4 Å². The summed E-state index contributed by atoms with van der Waals surface area (Å²) in [6.07, 6.45) is 0. The van der Waals surface area contributed by atoms with Crippen molar-refractivity contribution in [3.8, 4) is 5.75 Å². The van der Waals surface area contributed by atoms with E-state index in [-0.39, 0.29) is 10.8 Å². The molecule has 1 fully saturated rings. The zero-order chi connectivity index (χ0) is 27.5. The molecular weight excluding hydrogens is 476 g/mol. The van der Waals surface area contributed by atoms with Crippen LogP contribution in [0.5, 0.6) is 5.75 Å². The first-order chi connectivity index (χ1) is 17.9. The Labute approximate surface area is 226 Å². The van der Waals surface area contributed by atoms with Gasteiger partial charge in [0.2, 0.25) is 0 Å². The number of carbonyl (C=O) groups excluding carboxylic acids is 2. The van der Waals surface area contributed by atoms with Crippen LogP contribution in [0.15, 0.2) is 54.6 Å². The Balaban J connectivity index is 1.55. The first-order valence-corrected chi connectivity index (χ1v) is 13.4. The minimum Gasteiger partial charge on any atom is -0.492 e. The average molecular weight is 517 g/mol. The Kier molecular flexibility index (Phi) is 8.24. The van der Waals surface area contributed by atoms with Crippen molar-refractivity contribution in [1.29, 1.82) is 0 Å². The summed E-state index contributed by atoms with van der Waals surface area (Å²) in [4.78, 5) is 28.9. The van der Waals surface area contributed by atoms with Gasteiger partial charge in [0.05, 0.1) is 13.2 Å². The number of ketones is 1. The smallest absolute Gasteiger partial charge is 0.296 e. The van der Waals surface area contributed by atoms with Crippen LogP contribution in [0.3, 0.4) is 0 Å². The number of anilines is 1. The van der Waals surface area contributed by atoms with Crippen molar-refractivity contribution >= 4 is 28.2 Å². The second-order valence-electron chi connectivity index (χ2n) is 12.0. The molecule has 0 saturated carbocycles. The predicted octanol–water partition coefficient (Wildman–Crippen LogP) is 5.97. The van der Waals surface area contributed by atoms with Crippen molar-refractivity contribution in [3.05, 3.63) is 71.3 Å². The number of carbonyl (C=O) groups is 2. The van der Waals surface area contributed by atoms with E-state index in [9.17, 15) is 9.59 Å². The number of nitrogens with zero attached hydrogens (tertiary/aromatic N) is 1. The minimum absolute atomic E-state index is 0.0987. The molecule has 0 radical (unpaired) electrons. The first-order valence-electron chi connectivity index (χ1n) is 13.4. The summed E-state index contributed by atoms with van der Waals surface area (Å²) in [5.41, 5.74) is 3.01. The van der Waals surface area contributed by atoms with Gasteiger partial charge in [0, 0.05) is 36.3 Å². The zero-order valence-corrected chi connectivity index (χ0v) is 23.5. The van der Waals surface area contributed by atoms with Gasteiger partial charge in [0.1, 0.15) is 12.4 Å². The van der Waals surface area contributed by atoms with Gasteiger partial charge in [-0.05, 0) is 51.6 Å². The summed E-state index contributed by atoms with van der Waals surface area (Å²) >= 11 is 0. The van der Waals surface area contributed by atoms with Crippen LogP contribution in [0.1, 0.15) is 63.0 Å². The van der Waals surface area contributed by atoms with Gasteiger partial charge in [-0.1, -0.05) is 71.9 Å². The maximum atomic E-state index is 13.4. The molecule has 1 heterocycles. The van der Waals surface area contributed by atoms with Crippen LogP contribution < -0.4 is 10.1 Å². The number of fused-ring (bicyclic) bond motifs is 1. The van der Waals surface area contributed by atoms with E-state index in [0.717, 1.165) is 49.4 Å². The van der Waals surface area contributed by atoms with Crippen molar-refractivity contribution in [3.63, 3.8) is 0 Å². The number of Topliss-reactive ketones (excluding diaryl/α,β-unsaturated/α-hetero) is 1. The van der Waals surface area contributed by atoms with E-state index in [1.165, 1.54) is 0 Å². The van der Waals surface area contributed by atoms with Crippen molar-refractivity contribution < 1.29 is 19.1 Å². The number of rotatable bonds is 7. The molecule has 3 aromatic rings. The number of nitrogens with one attached hydrogen (secondary N) is 1. The van der Waals surface area contributed by atoms with Gasteiger partial charge in [-0.25, -0.2) is 0 Å². The lowest BCUT2D eigenvalue weighted by atomic mass is 9.80. The van der Waals surface area contributed by atoms with Gasteiger partial charge in [-0.15, -0.1) is 0 Å². The third-order valence-corrected chi connectivity index (χ3v) is 7.03. The fourth-order valence-electron chi connectivity index (χ4n) is 4.58. The molecule has 3 aromatic carbocycles. The topological polar surface area (TPSA) is 67.9 Å². The molecule has 1 amide bonds. The van der Waals surface area contributed by atoms with Crippen LogP contribution in [0.4, 0.5) is 5.69 Å². The Bertz CT molecular complexity index is 1280. The largest absolute Gasteiger partial charge is 0.492 e. The van der Waals surface area contributed by atoms with Crippen molar-refractivity contribution in [2.24, 2.45) is 0 Å². The van der Waals surface area contributed by atoms with Crippen LogP contribution in [0.25, 0.3) is 10.8 Å². The Hall–Kier alpha value is -3.22. The van der Waals surface area contributed by atoms with E-state index >= 15 is 0 Å². The fraction of sp³-hybridized carbons (Fsp3) is 0.438. The van der Waals surface area contributed by atoms with Crippen molar-refractivity contribution in [2.75, 3.05) is 44.8 Å². The molecule has 6 nitrogen and oxygen atoms in total. The van der Waals surface area contributed by atoms with Gasteiger partial charge in [-0.3, -0.25) is 14.5 Å². The minimum atomic E-state index is -0.651. The molecule has 0 spiro atoms. The fourth-order valence-corrected chi connectivity index (χ4v) is 4.58. The monoisotopic (exact) mass is 516 g/mol. The van der Waals surface area contributed by atoms with E-state index in [2.05, 4.69) is 57.8 Å². The molecular formula is C32H40N2O4. The Morgan fingerprint density at radius 1 is 0.868 bits per heavy atom. The third kappa shape index (κ3) is 6.61. The molecule has 0 bridgehead atoms. The highest BCUT2D eigenvalue weighted by atomic mass is 16.5. The van der Waals surface area contributed by atoms with Crippen molar-refractivity contribution in [1.82, 2.24) is 4.90 Å². The molecule has 1 saturated heterocycles. The molecule has 1 N–H and O–H groups in total. The van der Waals surface area contributed by atoms with Crippen LogP contribution in [0.2, 0.25) is 0 Å². The molecule has 202 valence electrons. The number of hydrogen-bond donors (Lipinski definition) is 1. The second kappa shape index (κ2) is 11.3. The number of morpholine rings is 1. The number of amides is 1. The van der Waals surface area contributed by atoms with Gasteiger partial charge in [0.25, 0.3) is 11.7 Å². The highest BCUT2D eigenvalue weighted by Crippen LogP contribution is 2.33. The molecule has 0 aliphatic carbocycles. The quantitative estimate of drug-likeness (QED) is 0.310. The predicted molar refractivity (Wildman–Crippen MR) is 154 cm³/mol. The van der Waals surface area contributed by atoms with Crippen LogP contribution in [-0.4, -0.2) is 56.0 Å². The molecule has 4 rings (SSSR count). The maximum absolute atomic E-state index is 13.4. The van der Waals surface area contributed by atoms with Crippen LogP contribution in [0, 0.1) is 0 Å². The zero-order valence-electron chi connectivity index (χ0n) is 23.5. The van der Waals surface area contributed by atoms with E-state index in [0.29, 0.717) is 29.0 Å². The summed E-state index contributed by atoms with van der Waals surface area (Å²) in [5, 5.41) is 4.40. The summed E-state index contributed by atoms with van der Waals surface area (Å²) in [7, 11) is 0. The van der Waals surface area contributed by atoms with Gasteiger partial charge >= 0.3 is 0 Å². The van der Waals surface area contributed by atoms with Crippen LogP contribution in [-0.2, 0) is 20.4 Å². The highest BCUT2D eigenvalue weighted by molar-refractivity contribution is 6.48. The molecule has 6 heteroatoms. The third-order valence-electron chi connectivity index (χ3n) is 7.03. The van der Waals surface area contributed by atoms with E-state index in [4.69, 9.17) is 9.47 Å². The molecule has 0 aromatic heterocycles. The summed E-state index contributed by atoms with van der Waals surface area (Å²) in [5.74, 6) is -0.514. The number of benzene rings is 3.